The third-order valence-corrected chi connectivity index (χ3v) is 4.47. The van der Waals surface area contributed by atoms with Crippen molar-refractivity contribution in [3.63, 3.8) is 0 Å². The van der Waals surface area contributed by atoms with Gasteiger partial charge in [-0.2, -0.15) is 5.26 Å². The smallest absolute Gasteiger partial charge is 0.231 e. The average molecular weight is 358 g/mol. The minimum absolute atomic E-state index is 0.117. The van der Waals surface area contributed by atoms with Crippen molar-refractivity contribution < 1.29 is 22.8 Å². The van der Waals surface area contributed by atoms with Crippen molar-refractivity contribution in [3.8, 4) is 6.07 Å². The molecular formula is C19H13F3N2O2. The van der Waals surface area contributed by atoms with E-state index in [-0.39, 0.29) is 17.7 Å². The fraction of sp³-hybridized carbons (Fsp3) is 0.211. The van der Waals surface area contributed by atoms with Crippen LogP contribution in [0.25, 0.3) is 0 Å². The summed E-state index contributed by atoms with van der Waals surface area (Å²) in [6.07, 6.45) is -0.447. The van der Waals surface area contributed by atoms with Crippen LogP contribution in [0, 0.1) is 34.7 Å². The first-order chi connectivity index (χ1) is 12.4. The van der Waals surface area contributed by atoms with Crippen molar-refractivity contribution in [1.29, 1.82) is 5.26 Å². The summed E-state index contributed by atoms with van der Waals surface area (Å²) >= 11 is 0. The van der Waals surface area contributed by atoms with Gasteiger partial charge in [0.25, 0.3) is 0 Å². The molecule has 0 bridgehead atoms. The van der Waals surface area contributed by atoms with Crippen LogP contribution in [-0.2, 0) is 16.0 Å². The van der Waals surface area contributed by atoms with Crippen LogP contribution in [0.15, 0.2) is 36.4 Å². The first-order valence-corrected chi connectivity index (χ1v) is 7.85. The summed E-state index contributed by atoms with van der Waals surface area (Å²) in [6, 6.07) is 9.07. The third-order valence-electron chi connectivity index (χ3n) is 4.47. The van der Waals surface area contributed by atoms with Crippen molar-refractivity contribution >= 4 is 11.7 Å². The van der Waals surface area contributed by atoms with Gasteiger partial charge in [-0.05, 0) is 29.3 Å². The van der Waals surface area contributed by atoms with E-state index >= 15 is 0 Å². The predicted octanol–water partition coefficient (Wildman–Crippen LogP) is 2.62. The average Bonchev–Trinajstić information content (AvgIpc) is 3.00. The van der Waals surface area contributed by atoms with E-state index in [1.54, 1.807) is 6.07 Å². The molecule has 3 rings (SSSR count). The molecule has 132 valence electrons. The van der Waals surface area contributed by atoms with Gasteiger partial charge in [0.2, 0.25) is 5.91 Å². The molecular weight excluding hydrogens is 345 g/mol. The molecule has 7 heteroatoms. The van der Waals surface area contributed by atoms with Crippen molar-refractivity contribution in [2.45, 2.75) is 12.3 Å². The highest BCUT2D eigenvalue weighted by atomic mass is 19.2. The number of hydrogen-bond acceptors (Lipinski definition) is 3. The second-order valence-electron chi connectivity index (χ2n) is 6.04. The van der Waals surface area contributed by atoms with Gasteiger partial charge in [-0.3, -0.25) is 9.59 Å². The van der Waals surface area contributed by atoms with Crippen LogP contribution in [0.5, 0.6) is 0 Å². The number of benzene rings is 2. The number of carbonyl (C=O) groups is 2. The number of Topliss-reactive ketones (excluding diaryl/α,β-unsaturated/α-hetero) is 1. The lowest BCUT2D eigenvalue weighted by atomic mass is 9.83. The maximum atomic E-state index is 13.9. The number of ketones is 1. The van der Waals surface area contributed by atoms with Crippen LogP contribution in [0.3, 0.4) is 0 Å². The Morgan fingerprint density at radius 1 is 1.19 bits per heavy atom. The quantitative estimate of drug-likeness (QED) is 0.854. The Bertz CT molecular complexity index is 937. The van der Waals surface area contributed by atoms with Gasteiger partial charge in [0.15, 0.2) is 11.6 Å². The summed E-state index contributed by atoms with van der Waals surface area (Å²) in [4.78, 5) is 24.7. The van der Waals surface area contributed by atoms with Crippen molar-refractivity contribution in [2.24, 2.45) is 5.92 Å². The summed E-state index contributed by atoms with van der Waals surface area (Å²) in [5.74, 6) is -5.84. The molecule has 0 spiro atoms. The molecule has 1 N–H and O–H groups in total. The van der Waals surface area contributed by atoms with Crippen LogP contribution in [0.4, 0.5) is 13.2 Å². The van der Waals surface area contributed by atoms with Gasteiger partial charge in [0.05, 0.1) is 5.56 Å². The number of nitrogens with one attached hydrogen (secondary N) is 1. The molecule has 0 radical (unpaired) electrons. The van der Waals surface area contributed by atoms with Crippen LogP contribution in [0.1, 0.15) is 22.6 Å². The standard InChI is InChI=1S/C19H13F3N2O2/c20-14-3-1-2-11(18(14)22)7-16(25)17-13(9-24-19(17)26)10-4-5-12(8-23)15(21)6-10/h1-6,13,17H,7,9H2,(H,24,26)/t13-,17+/m1/s1. The van der Waals surface area contributed by atoms with E-state index in [0.29, 0.717) is 5.56 Å². The Labute approximate surface area is 147 Å². The molecule has 0 aliphatic carbocycles. The minimum atomic E-state index is -1.13. The van der Waals surface area contributed by atoms with E-state index in [0.717, 1.165) is 12.1 Å². The highest BCUT2D eigenvalue weighted by Crippen LogP contribution is 2.31. The largest absolute Gasteiger partial charge is 0.355 e. The van der Waals surface area contributed by atoms with E-state index in [1.807, 2.05) is 0 Å². The number of nitrogens with zero attached hydrogens (tertiary/aromatic N) is 1. The maximum Gasteiger partial charge on any atom is 0.231 e. The van der Waals surface area contributed by atoms with E-state index in [1.165, 1.54) is 24.3 Å². The Morgan fingerprint density at radius 2 is 1.96 bits per heavy atom. The van der Waals surface area contributed by atoms with Gasteiger partial charge in [0.1, 0.15) is 23.6 Å². The molecule has 1 aliphatic heterocycles. The van der Waals surface area contributed by atoms with Crippen molar-refractivity contribution in [3.05, 3.63) is 70.5 Å². The molecule has 1 saturated heterocycles. The number of halogens is 3. The lowest BCUT2D eigenvalue weighted by molar-refractivity contribution is -0.131. The lowest BCUT2D eigenvalue weighted by Crippen LogP contribution is -2.28. The van der Waals surface area contributed by atoms with Gasteiger partial charge < -0.3 is 5.32 Å². The molecule has 1 amide bonds. The van der Waals surface area contributed by atoms with Gasteiger partial charge in [-0.1, -0.05) is 18.2 Å². The highest BCUT2D eigenvalue weighted by molar-refractivity contribution is 6.04. The molecule has 2 atom stereocenters. The Hall–Kier alpha value is -3.14. The SMILES string of the molecule is N#Cc1ccc([C@H]2CNC(=O)[C@@H]2C(=O)Cc2cccc(F)c2F)cc1F. The van der Waals surface area contributed by atoms with E-state index in [9.17, 15) is 22.8 Å². The summed E-state index contributed by atoms with van der Waals surface area (Å²) in [5.41, 5.74) is 0.105. The van der Waals surface area contributed by atoms with Gasteiger partial charge >= 0.3 is 0 Å². The first-order valence-electron chi connectivity index (χ1n) is 7.85. The molecule has 1 heterocycles. The predicted molar refractivity (Wildman–Crippen MR) is 85.4 cm³/mol. The number of carbonyl (C=O) groups excluding carboxylic acids is 2. The fourth-order valence-electron chi connectivity index (χ4n) is 3.14. The Kier molecular flexibility index (Phi) is 4.76. The van der Waals surface area contributed by atoms with Crippen molar-refractivity contribution in [2.75, 3.05) is 6.54 Å². The number of hydrogen-bond donors (Lipinski definition) is 1. The minimum Gasteiger partial charge on any atom is -0.355 e. The molecule has 1 aliphatic rings. The van der Waals surface area contributed by atoms with E-state index in [4.69, 9.17) is 5.26 Å². The van der Waals surface area contributed by atoms with Gasteiger partial charge in [-0.15, -0.1) is 0 Å². The summed E-state index contributed by atoms with van der Waals surface area (Å²) < 4.78 is 41.0. The van der Waals surface area contributed by atoms with Crippen LogP contribution in [-0.4, -0.2) is 18.2 Å². The second kappa shape index (κ2) is 7.00. The molecule has 1 fully saturated rings. The highest BCUT2D eigenvalue weighted by Gasteiger charge is 2.41. The van der Waals surface area contributed by atoms with E-state index < -0.39 is 47.4 Å². The fourth-order valence-corrected chi connectivity index (χ4v) is 3.14. The van der Waals surface area contributed by atoms with Gasteiger partial charge in [0, 0.05) is 18.9 Å². The zero-order valence-electron chi connectivity index (χ0n) is 13.4. The zero-order chi connectivity index (χ0) is 18.8. The number of amides is 1. The normalized spacial score (nSPS) is 19.1. The van der Waals surface area contributed by atoms with Crippen LogP contribution in [0.2, 0.25) is 0 Å². The van der Waals surface area contributed by atoms with Gasteiger partial charge in [-0.25, -0.2) is 13.2 Å². The molecule has 26 heavy (non-hydrogen) atoms. The molecule has 4 nitrogen and oxygen atoms in total. The monoisotopic (exact) mass is 358 g/mol. The summed E-state index contributed by atoms with van der Waals surface area (Å²) in [5, 5.41) is 11.3. The molecule has 2 aromatic rings. The molecule has 2 aromatic carbocycles. The topological polar surface area (TPSA) is 70.0 Å². The molecule has 0 saturated carbocycles. The van der Waals surface area contributed by atoms with E-state index in [2.05, 4.69) is 5.32 Å². The maximum absolute atomic E-state index is 13.9. The van der Waals surface area contributed by atoms with Crippen molar-refractivity contribution in [1.82, 2.24) is 5.32 Å². The number of nitriles is 1. The summed E-state index contributed by atoms with van der Waals surface area (Å²) in [6.45, 7) is 0.117. The van der Waals surface area contributed by atoms with Crippen LogP contribution < -0.4 is 5.32 Å². The van der Waals surface area contributed by atoms with Crippen LogP contribution >= 0.6 is 0 Å². The second-order valence-corrected chi connectivity index (χ2v) is 6.04. The molecule has 0 aromatic heterocycles. The Morgan fingerprint density at radius 3 is 2.65 bits per heavy atom. The lowest BCUT2D eigenvalue weighted by Gasteiger charge is -2.17. The number of rotatable bonds is 4. The first kappa shape index (κ1) is 17.7. The molecule has 0 unspecified atom stereocenters. The summed E-state index contributed by atoms with van der Waals surface area (Å²) in [7, 11) is 0. The zero-order valence-corrected chi connectivity index (χ0v) is 13.4. The Balaban J connectivity index is 1.88. The third kappa shape index (κ3) is 3.18.